The van der Waals surface area contributed by atoms with E-state index in [1.54, 1.807) is 0 Å². The fraction of sp³-hybridized carbons (Fsp3) is 0.333. The fourth-order valence-corrected chi connectivity index (χ4v) is 0.917. The first-order valence-electron chi connectivity index (χ1n) is 4.41. The summed E-state index contributed by atoms with van der Waals surface area (Å²) in [5.74, 6) is 0. The Balaban J connectivity index is 4.17. The number of allylic oxidation sites excluding steroid dienone is 8. The Kier molecular flexibility index (Phi) is 7.36. The van der Waals surface area contributed by atoms with Gasteiger partial charge in [-0.15, -0.1) is 0 Å². The third kappa shape index (κ3) is 5.72. The number of rotatable bonds is 4. The molecule has 0 saturated carbocycles. The molecule has 0 aliphatic heterocycles. The van der Waals surface area contributed by atoms with Crippen molar-refractivity contribution in [3.63, 3.8) is 0 Å². The summed E-state index contributed by atoms with van der Waals surface area (Å²) < 4.78 is 0. The lowest BCUT2D eigenvalue weighted by molar-refractivity contribution is 1.35. The van der Waals surface area contributed by atoms with Crippen LogP contribution in [-0.4, -0.2) is 0 Å². The van der Waals surface area contributed by atoms with E-state index in [9.17, 15) is 0 Å². The lowest BCUT2D eigenvalue weighted by Gasteiger charge is -1.91. The Morgan fingerprint density at radius 2 is 1.50 bits per heavy atom. The van der Waals surface area contributed by atoms with Crippen LogP contribution in [0.4, 0.5) is 0 Å². The average Bonchev–Trinajstić information content (AvgIpc) is 2.06. The SMILES string of the molecule is C/C=C\C(=CC/C=C/C)/C=C/C. The van der Waals surface area contributed by atoms with E-state index in [-0.39, 0.29) is 0 Å². The van der Waals surface area contributed by atoms with E-state index in [2.05, 4.69) is 42.5 Å². The predicted molar refractivity (Wildman–Crippen MR) is 57.1 cm³/mol. The van der Waals surface area contributed by atoms with Crippen LogP contribution in [0.5, 0.6) is 0 Å². The van der Waals surface area contributed by atoms with Crippen LogP contribution in [0.25, 0.3) is 0 Å². The molecule has 0 heteroatoms. The Hall–Kier alpha value is -1.04. The van der Waals surface area contributed by atoms with Gasteiger partial charge < -0.3 is 0 Å². The molecule has 0 spiro atoms. The first kappa shape index (κ1) is 11.0. The van der Waals surface area contributed by atoms with E-state index in [0.29, 0.717) is 0 Å². The maximum absolute atomic E-state index is 2.21. The van der Waals surface area contributed by atoms with Crippen LogP contribution in [0.3, 0.4) is 0 Å². The molecule has 0 unspecified atom stereocenters. The van der Waals surface area contributed by atoms with Crippen molar-refractivity contribution in [1.29, 1.82) is 0 Å². The molecular weight excluding hydrogens is 144 g/mol. The highest BCUT2D eigenvalue weighted by Crippen LogP contribution is 2.01. The molecule has 0 aromatic heterocycles. The van der Waals surface area contributed by atoms with Gasteiger partial charge in [-0.25, -0.2) is 0 Å². The molecule has 0 aromatic carbocycles. The predicted octanol–water partition coefficient (Wildman–Crippen LogP) is 4.03. The van der Waals surface area contributed by atoms with Gasteiger partial charge in [0, 0.05) is 0 Å². The lowest BCUT2D eigenvalue weighted by Crippen LogP contribution is -1.70. The highest BCUT2D eigenvalue weighted by Gasteiger charge is 1.81. The van der Waals surface area contributed by atoms with E-state index in [0.717, 1.165) is 6.42 Å². The van der Waals surface area contributed by atoms with Gasteiger partial charge >= 0.3 is 0 Å². The quantitative estimate of drug-likeness (QED) is 0.432. The van der Waals surface area contributed by atoms with Crippen LogP contribution in [-0.2, 0) is 0 Å². The molecule has 0 fully saturated rings. The van der Waals surface area contributed by atoms with E-state index >= 15 is 0 Å². The molecule has 0 aliphatic carbocycles. The Bertz CT molecular complexity index is 188. The lowest BCUT2D eigenvalue weighted by atomic mass is 10.2. The first-order valence-corrected chi connectivity index (χ1v) is 4.41. The Morgan fingerprint density at radius 1 is 0.917 bits per heavy atom. The van der Waals surface area contributed by atoms with E-state index in [4.69, 9.17) is 0 Å². The van der Waals surface area contributed by atoms with Crippen LogP contribution < -0.4 is 0 Å². The van der Waals surface area contributed by atoms with Crippen molar-refractivity contribution >= 4 is 0 Å². The van der Waals surface area contributed by atoms with Gasteiger partial charge in [0.2, 0.25) is 0 Å². The zero-order valence-electron chi connectivity index (χ0n) is 8.25. The van der Waals surface area contributed by atoms with Crippen LogP contribution in [0.15, 0.2) is 48.1 Å². The smallest absolute Gasteiger partial charge is 0.0160 e. The van der Waals surface area contributed by atoms with E-state index in [1.807, 2.05) is 20.8 Å². The van der Waals surface area contributed by atoms with Crippen molar-refractivity contribution in [2.24, 2.45) is 0 Å². The maximum Gasteiger partial charge on any atom is -0.0160 e. The first-order chi connectivity index (χ1) is 5.85. The minimum Gasteiger partial charge on any atom is -0.0914 e. The van der Waals surface area contributed by atoms with Gasteiger partial charge in [-0.05, 0) is 32.8 Å². The van der Waals surface area contributed by atoms with Crippen LogP contribution in [0.1, 0.15) is 27.2 Å². The standard InChI is InChI=1S/C12H18/c1-4-7-8-11-12(9-5-2)10-6-3/h4-7,9-11H,8H2,1-3H3/b7-4+,9-5-,10-6+,12-11?. The molecule has 0 heterocycles. The summed E-state index contributed by atoms with van der Waals surface area (Å²) in [5.41, 5.74) is 1.28. The summed E-state index contributed by atoms with van der Waals surface area (Å²) in [4.78, 5) is 0. The van der Waals surface area contributed by atoms with Gasteiger partial charge in [0.1, 0.15) is 0 Å². The Labute approximate surface area is 76.0 Å². The van der Waals surface area contributed by atoms with Crippen LogP contribution in [0.2, 0.25) is 0 Å². The van der Waals surface area contributed by atoms with Gasteiger partial charge in [-0.1, -0.05) is 42.5 Å². The van der Waals surface area contributed by atoms with Gasteiger partial charge in [-0.3, -0.25) is 0 Å². The molecule has 0 nitrogen and oxygen atoms in total. The summed E-state index contributed by atoms with van der Waals surface area (Å²) in [6, 6.07) is 0. The van der Waals surface area contributed by atoms with E-state index in [1.165, 1.54) is 5.57 Å². The third-order valence-corrected chi connectivity index (χ3v) is 1.44. The minimum absolute atomic E-state index is 1.01. The van der Waals surface area contributed by atoms with Gasteiger partial charge in [0.05, 0.1) is 0 Å². The summed E-state index contributed by atoms with van der Waals surface area (Å²) in [5, 5.41) is 0. The van der Waals surface area contributed by atoms with Gasteiger partial charge in [0.25, 0.3) is 0 Å². The summed E-state index contributed by atoms with van der Waals surface area (Å²) >= 11 is 0. The average molecular weight is 162 g/mol. The second kappa shape index (κ2) is 8.06. The summed E-state index contributed by atoms with van der Waals surface area (Å²) in [6.07, 6.45) is 15.8. The highest BCUT2D eigenvalue weighted by molar-refractivity contribution is 5.30. The fourth-order valence-electron chi connectivity index (χ4n) is 0.917. The van der Waals surface area contributed by atoms with Gasteiger partial charge in [-0.2, -0.15) is 0 Å². The van der Waals surface area contributed by atoms with Crippen molar-refractivity contribution in [3.8, 4) is 0 Å². The highest BCUT2D eigenvalue weighted by atomic mass is 13.9. The van der Waals surface area contributed by atoms with Crippen LogP contribution >= 0.6 is 0 Å². The molecule has 0 bridgehead atoms. The molecule has 0 amide bonds. The molecule has 0 saturated heterocycles. The Morgan fingerprint density at radius 3 is 1.92 bits per heavy atom. The molecule has 66 valence electrons. The summed E-state index contributed by atoms with van der Waals surface area (Å²) in [6.45, 7) is 6.11. The molecule has 0 aromatic rings. The third-order valence-electron chi connectivity index (χ3n) is 1.44. The second-order valence-electron chi connectivity index (χ2n) is 2.51. The number of hydrogen-bond donors (Lipinski definition) is 0. The number of hydrogen-bond acceptors (Lipinski definition) is 0. The normalized spacial score (nSPS) is 14.1. The van der Waals surface area contributed by atoms with Gasteiger partial charge in [0.15, 0.2) is 0 Å². The topological polar surface area (TPSA) is 0 Å². The summed E-state index contributed by atoms with van der Waals surface area (Å²) in [7, 11) is 0. The van der Waals surface area contributed by atoms with E-state index < -0.39 is 0 Å². The monoisotopic (exact) mass is 162 g/mol. The van der Waals surface area contributed by atoms with Crippen molar-refractivity contribution in [2.75, 3.05) is 0 Å². The minimum atomic E-state index is 1.01. The van der Waals surface area contributed by atoms with Crippen molar-refractivity contribution < 1.29 is 0 Å². The zero-order chi connectivity index (χ0) is 9.23. The molecule has 0 radical (unpaired) electrons. The molecule has 0 rings (SSSR count). The second-order valence-corrected chi connectivity index (χ2v) is 2.51. The van der Waals surface area contributed by atoms with Crippen molar-refractivity contribution in [1.82, 2.24) is 0 Å². The molecule has 12 heavy (non-hydrogen) atoms. The van der Waals surface area contributed by atoms with Crippen molar-refractivity contribution in [3.05, 3.63) is 48.1 Å². The van der Waals surface area contributed by atoms with Crippen molar-refractivity contribution in [2.45, 2.75) is 27.2 Å². The zero-order valence-corrected chi connectivity index (χ0v) is 8.25. The molecule has 0 aliphatic rings. The molecule has 0 N–H and O–H groups in total. The largest absolute Gasteiger partial charge is 0.0914 e. The maximum atomic E-state index is 2.21. The van der Waals surface area contributed by atoms with Crippen LogP contribution in [0, 0.1) is 0 Å². The molecule has 0 atom stereocenters. The molecular formula is C12H18.